The number of hydrogen-bond donors (Lipinski definition) is 0. The molecule has 0 aliphatic carbocycles. The second-order valence-corrected chi connectivity index (χ2v) is 4.29. The standard InChI is InChI=1S/C15H21NO3/c1-4-16(3)15(18)11-10-14(17)12-6-8-13(9-7-12)19-5-2/h6-9H,4-5,10-11H2,1-3H3. The number of carbonyl (C=O) groups is 2. The minimum absolute atomic E-state index is 0.00165. The minimum atomic E-state index is -0.0131. The number of benzene rings is 1. The molecule has 0 unspecified atom stereocenters. The number of rotatable bonds is 7. The zero-order valence-electron chi connectivity index (χ0n) is 11.8. The molecule has 1 amide bonds. The predicted octanol–water partition coefficient (Wildman–Crippen LogP) is 2.53. The summed E-state index contributed by atoms with van der Waals surface area (Å²) in [6.07, 6.45) is 0.507. The Morgan fingerprint density at radius 1 is 1.11 bits per heavy atom. The molecule has 0 spiro atoms. The molecule has 1 aromatic rings. The normalized spacial score (nSPS) is 10.1. The van der Waals surface area contributed by atoms with E-state index < -0.39 is 0 Å². The first-order valence-electron chi connectivity index (χ1n) is 6.58. The van der Waals surface area contributed by atoms with Crippen molar-refractivity contribution in [2.24, 2.45) is 0 Å². The van der Waals surface area contributed by atoms with Gasteiger partial charge in [-0.1, -0.05) is 0 Å². The highest BCUT2D eigenvalue weighted by atomic mass is 16.5. The van der Waals surface area contributed by atoms with Gasteiger partial charge in [0, 0.05) is 32.0 Å². The second kappa shape index (κ2) is 7.56. The Bertz CT molecular complexity index is 426. The molecule has 0 saturated carbocycles. The number of carbonyl (C=O) groups excluding carboxylic acids is 2. The SMILES string of the molecule is CCOc1ccc(C(=O)CCC(=O)N(C)CC)cc1. The summed E-state index contributed by atoms with van der Waals surface area (Å²) in [6.45, 7) is 5.09. The molecule has 4 nitrogen and oxygen atoms in total. The number of Topliss-reactive ketones (excluding diaryl/α,β-unsaturated/α-hetero) is 1. The van der Waals surface area contributed by atoms with Crippen molar-refractivity contribution in [3.63, 3.8) is 0 Å². The summed E-state index contributed by atoms with van der Waals surface area (Å²) in [5.74, 6) is 0.739. The third-order valence-corrected chi connectivity index (χ3v) is 2.95. The summed E-state index contributed by atoms with van der Waals surface area (Å²) in [5.41, 5.74) is 0.621. The van der Waals surface area contributed by atoms with Crippen molar-refractivity contribution < 1.29 is 14.3 Å². The van der Waals surface area contributed by atoms with Gasteiger partial charge in [-0.05, 0) is 38.1 Å². The van der Waals surface area contributed by atoms with E-state index in [1.54, 1.807) is 36.2 Å². The van der Waals surface area contributed by atoms with Crippen LogP contribution >= 0.6 is 0 Å². The predicted molar refractivity (Wildman–Crippen MR) is 74.5 cm³/mol. The Kier molecular flexibility index (Phi) is 6.06. The third-order valence-electron chi connectivity index (χ3n) is 2.95. The van der Waals surface area contributed by atoms with Crippen LogP contribution in [-0.4, -0.2) is 36.8 Å². The molecule has 0 aliphatic rings. The van der Waals surface area contributed by atoms with Crippen molar-refractivity contribution in [3.05, 3.63) is 29.8 Å². The molecule has 0 fully saturated rings. The largest absolute Gasteiger partial charge is 0.494 e. The number of nitrogens with zero attached hydrogens (tertiary/aromatic N) is 1. The van der Waals surface area contributed by atoms with Gasteiger partial charge in [0.25, 0.3) is 0 Å². The Morgan fingerprint density at radius 2 is 1.74 bits per heavy atom. The van der Waals surface area contributed by atoms with Crippen molar-refractivity contribution in [1.82, 2.24) is 4.90 Å². The summed E-state index contributed by atoms with van der Waals surface area (Å²) >= 11 is 0. The maximum Gasteiger partial charge on any atom is 0.222 e. The van der Waals surface area contributed by atoms with Gasteiger partial charge < -0.3 is 9.64 Å². The number of ether oxygens (including phenoxy) is 1. The Morgan fingerprint density at radius 3 is 2.26 bits per heavy atom. The van der Waals surface area contributed by atoms with Crippen molar-refractivity contribution in [1.29, 1.82) is 0 Å². The molecule has 0 bridgehead atoms. The highest BCUT2D eigenvalue weighted by Gasteiger charge is 2.11. The molecule has 1 aromatic carbocycles. The van der Waals surface area contributed by atoms with Gasteiger partial charge in [-0.2, -0.15) is 0 Å². The van der Waals surface area contributed by atoms with Crippen LogP contribution in [0.3, 0.4) is 0 Å². The zero-order valence-corrected chi connectivity index (χ0v) is 11.8. The van der Waals surface area contributed by atoms with Gasteiger partial charge in [-0.15, -0.1) is 0 Å². The van der Waals surface area contributed by atoms with Crippen LogP contribution in [0.1, 0.15) is 37.0 Å². The average molecular weight is 263 g/mol. The van der Waals surface area contributed by atoms with Gasteiger partial charge in [-0.25, -0.2) is 0 Å². The smallest absolute Gasteiger partial charge is 0.222 e. The van der Waals surface area contributed by atoms with Crippen molar-refractivity contribution in [2.45, 2.75) is 26.7 Å². The van der Waals surface area contributed by atoms with Crippen LogP contribution in [0.15, 0.2) is 24.3 Å². The molecular formula is C15H21NO3. The van der Waals surface area contributed by atoms with Gasteiger partial charge in [-0.3, -0.25) is 9.59 Å². The average Bonchev–Trinajstić information content (AvgIpc) is 2.44. The number of hydrogen-bond acceptors (Lipinski definition) is 3. The molecule has 4 heteroatoms. The fourth-order valence-electron chi connectivity index (χ4n) is 1.64. The number of amides is 1. The van der Waals surface area contributed by atoms with E-state index >= 15 is 0 Å². The van der Waals surface area contributed by atoms with E-state index in [0.717, 1.165) is 5.75 Å². The fourth-order valence-corrected chi connectivity index (χ4v) is 1.64. The lowest BCUT2D eigenvalue weighted by Crippen LogP contribution is -2.26. The Hall–Kier alpha value is -1.84. The molecule has 19 heavy (non-hydrogen) atoms. The van der Waals surface area contributed by atoms with E-state index in [0.29, 0.717) is 18.7 Å². The van der Waals surface area contributed by atoms with E-state index in [1.807, 2.05) is 13.8 Å². The minimum Gasteiger partial charge on any atom is -0.494 e. The summed E-state index contributed by atoms with van der Waals surface area (Å²) in [5, 5.41) is 0. The van der Waals surface area contributed by atoms with Crippen molar-refractivity contribution in [2.75, 3.05) is 20.2 Å². The summed E-state index contributed by atoms with van der Waals surface area (Å²) in [6, 6.07) is 7.02. The van der Waals surface area contributed by atoms with Crippen LogP contribution in [-0.2, 0) is 4.79 Å². The molecule has 0 radical (unpaired) electrons. The van der Waals surface area contributed by atoms with Gasteiger partial charge in [0.1, 0.15) is 5.75 Å². The van der Waals surface area contributed by atoms with E-state index in [9.17, 15) is 9.59 Å². The first-order chi connectivity index (χ1) is 9.08. The molecule has 0 aromatic heterocycles. The highest BCUT2D eigenvalue weighted by molar-refractivity contribution is 5.98. The molecular weight excluding hydrogens is 242 g/mol. The van der Waals surface area contributed by atoms with Crippen LogP contribution in [0.2, 0.25) is 0 Å². The van der Waals surface area contributed by atoms with Crippen molar-refractivity contribution in [3.8, 4) is 5.75 Å². The second-order valence-electron chi connectivity index (χ2n) is 4.29. The van der Waals surface area contributed by atoms with E-state index in [4.69, 9.17) is 4.74 Å². The Balaban J connectivity index is 2.51. The van der Waals surface area contributed by atoms with Crippen molar-refractivity contribution >= 4 is 11.7 Å². The van der Waals surface area contributed by atoms with Crippen LogP contribution in [0, 0.1) is 0 Å². The lowest BCUT2D eigenvalue weighted by atomic mass is 10.1. The molecule has 0 atom stereocenters. The van der Waals surface area contributed by atoms with Gasteiger partial charge >= 0.3 is 0 Å². The van der Waals surface area contributed by atoms with Gasteiger partial charge in [0.05, 0.1) is 6.61 Å². The first kappa shape index (κ1) is 15.2. The maximum absolute atomic E-state index is 11.9. The molecule has 104 valence electrons. The molecule has 0 N–H and O–H groups in total. The maximum atomic E-state index is 11.9. The lowest BCUT2D eigenvalue weighted by Gasteiger charge is -2.13. The Labute approximate surface area is 114 Å². The first-order valence-corrected chi connectivity index (χ1v) is 6.58. The summed E-state index contributed by atoms with van der Waals surface area (Å²) in [7, 11) is 1.74. The zero-order chi connectivity index (χ0) is 14.3. The summed E-state index contributed by atoms with van der Waals surface area (Å²) < 4.78 is 5.31. The third kappa shape index (κ3) is 4.73. The van der Waals surface area contributed by atoms with E-state index in [1.165, 1.54) is 0 Å². The monoisotopic (exact) mass is 263 g/mol. The van der Waals surface area contributed by atoms with Crippen LogP contribution in [0.5, 0.6) is 5.75 Å². The van der Waals surface area contributed by atoms with E-state index in [2.05, 4.69) is 0 Å². The lowest BCUT2D eigenvalue weighted by molar-refractivity contribution is -0.129. The van der Waals surface area contributed by atoms with Crippen LogP contribution < -0.4 is 4.74 Å². The fraction of sp³-hybridized carbons (Fsp3) is 0.467. The molecule has 0 heterocycles. The number of ketones is 1. The van der Waals surface area contributed by atoms with Gasteiger partial charge in [0.2, 0.25) is 5.91 Å². The topological polar surface area (TPSA) is 46.6 Å². The summed E-state index contributed by atoms with van der Waals surface area (Å²) in [4.78, 5) is 25.1. The van der Waals surface area contributed by atoms with Crippen LogP contribution in [0.4, 0.5) is 0 Å². The quantitative estimate of drug-likeness (QED) is 0.710. The molecule has 1 rings (SSSR count). The molecule has 0 saturated heterocycles. The van der Waals surface area contributed by atoms with Crippen LogP contribution in [0.25, 0.3) is 0 Å². The van der Waals surface area contributed by atoms with E-state index in [-0.39, 0.29) is 24.5 Å². The molecule has 0 aliphatic heterocycles. The highest BCUT2D eigenvalue weighted by Crippen LogP contribution is 2.14. The van der Waals surface area contributed by atoms with Gasteiger partial charge in [0.15, 0.2) is 5.78 Å².